The van der Waals surface area contributed by atoms with Crippen LogP contribution in [0.25, 0.3) is 0 Å². The number of carbonyl (C=O) groups excluding carboxylic acids is 2. The van der Waals surface area contributed by atoms with Crippen molar-refractivity contribution in [1.29, 1.82) is 0 Å². The van der Waals surface area contributed by atoms with Crippen molar-refractivity contribution >= 4 is 11.9 Å². The van der Waals surface area contributed by atoms with E-state index in [2.05, 4.69) is 0 Å². The van der Waals surface area contributed by atoms with Gasteiger partial charge in [0.15, 0.2) is 0 Å². The Morgan fingerprint density at radius 2 is 1.73 bits per heavy atom. The van der Waals surface area contributed by atoms with Crippen molar-refractivity contribution in [3.05, 3.63) is 0 Å². The van der Waals surface area contributed by atoms with E-state index in [0.29, 0.717) is 11.3 Å². The Hall–Kier alpha value is -1.06. The minimum atomic E-state index is -0.128. The van der Waals surface area contributed by atoms with Gasteiger partial charge >= 0.3 is 11.9 Å². The lowest BCUT2D eigenvalue weighted by Crippen LogP contribution is -2.74. The molecule has 5 rings (SSSR count). The Bertz CT molecular complexity index is 564. The van der Waals surface area contributed by atoms with E-state index in [4.69, 9.17) is 9.47 Å². The molecule has 0 aliphatic heterocycles. The third-order valence-corrected chi connectivity index (χ3v) is 8.31. The number of fused-ring (bicyclic) bond motifs is 1. The zero-order valence-corrected chi connectivity index (χ0v) is 13.4. The zero-order valence-electron chi connectivity index (χ0n) is 13.4. The van der Waals surface area contributed by atoms with Gasteiger partial charge in [-0.2, -0.15) is 0 Å². The van der Waals surface area contributed by atoms with E-state index >= 15 is 0 Å². The fourth-order valence-electron chi connectivity index (χ4n) is 7.74. The molecule has 0 aromatic carbocycles. The van der Waals surface area contributed by atoms with E-state index < -0.39 is 0 Å². The number of ether oxygens (including phenoxy) is 2. The monoisotopic (exact) mass is 304 g/mol. The molecule has 5 fully saturated rings. The molecule has 0 saturated heterocycles. The zero-order chi connectivity index (χ0) is 15.3. The van der Waals surface area contributed by atoms with Gasteiger partial charge in [-0.1, -0.05) is 0 Å². The molecular formula is C18H24O4. The van der Waals surface area contributed by atoms with Crippen molar-refractivity contribution in [1.82, 2.24) is 0 Å². The summed E-state index contributed by atoms with van der Waals surface area (Å²) in [4.78, 5) is 23.5. The Balaban J connectivity index is 1.43. The lowest BCUT2D eigenvalue weighted by molar-refractivity contribution is -0.312. The molecule has 0 N–H and O–H groups in total. The summed E-state index contributed by atoms with van der Waals surface area (Å²) in [6.07, 6.45) is 8.02. The smallest absolute Gasteiger partial charge is 0.308 e. The van der Waals surface area contributed by atoms with Crippen molar-refractivity contribution in [2.75, 3.05) is 7.11 Å². The van der Waals surface area contributed by atoms with Crippen LogP contribution >= 0.6 is 0 Å². The number of methoxy groups -OCH3 is 1. The molecule has 120 valence electrons. The van der Waals surface area contributed by atoms with E-state index in [9.17, 15) is 9.59 Å². The minimum absolute atomic E-state index is 0.00660. The van der Waals surface area contributed by atoms with Crippen molar-refractivity contribution in [2.24, 2.45) is 34.5 Å². The molecule has 0 aromatic rings. The van der Waals surface area contributed by atoms with Crippen LogP contribution in [0.5, 0.6) is 0 Å². The van der Waals surface area contributed by atoms with Crippen LogP contribution in [0.2, 0.25) is 0 Å². The standard InChI is InChI=1S/C18H24O4/c1-10(19)22-17-7-11-5-16(6-12(8-17)18(11,17)9-16)14-4-3-13(14)15(20)21-2/h11-14H,3-9H2,1-2H3. The topological polar surface area (TPSA) is 52.6 Å². The lowest BCUT2D eigenvalue weighted by atomic mass is 9.35. The highest BCUT2D eigenvalue weighted by Crippen LogP contribution is 2.88. The molecule has 4 heteroatoms. The highest BCUT2D eigenvalue weighted by molar-refractivity contribution is 5.74. The molecule has 4 atom stereocenters. The van der Waals surface area contributed by atoms with Gasteiger partial charge in [0.2, 0.25) is 0 Å². The summed E-state index contributed by atoms with van der Waals surface area (Å²) in [7, 11) is 1.51. The normalized spacial score (nSPS) is 56.3. The molecule has 22 heavy (non-hydrogen) atoms. The first-order valence-corrected chi connectivity index (χ1v) is 8.74. The fourth-order valence-corrected chi connectivity index (χ4v) is 7.74. The largest absolute Gasteiger partial charge is 0.469 e. The summed E-state index contributed by atoms with van der Waals surface area (Å²) >= 11 is 0. The Labute approximate surface area is 130 Å². The van der Waals surface area contributed by atoms with Crippen LogP contribution < -0.4 is 0 Å². The van der Waals surface area contributed by atoms with Crippen LogP contribution in [0.15, 0.2) is 0 Å². The van der Waals surface area contributed by atoms with E-state index in [1.165, 1.54) is 32.8 Å². The van der Waals surface area contributed by atoms with Gasteiger partial charge < -0.3 is 9.47 Å². The summed E-state index contributed by atoms with van der Waals surface area (Å²) in [5, 5.41) is 0. The summed E-state index contributed by atoms with van der Waals surface area (Å²) in [6.45, 7) is 1.54. The number of rotatable bonds is 3. The van der Waals surface area contributed by atoms with Crippen molar-refractivity contribution in [3.63, 3.8) is 0 Å². The van der Waals surface area contributed by atoms with E-state index in [-0.39, 0.29) is 28.9 Å². The Morgan fingerprint density at radius 3 is 2.23 bits per heavy atom. The first kappa shape index (κ1) is 13.4. The first-order chi connectivity index (χ1) is 10.5. The molecule has 4 nitrogen and oxygen atoms in total. The van der Waals surface area contributed by atoms with Crippen LogP contribution in [0, 0.1) is 34.5 Å². The predicted octanol–water partition coefficient (Wildman–Crippen LogP) is 2.70. The number of hydrogen-bond acceptors (Lipinski definition) is 4. The van der Waals surface area contributed by atoms with Gasteiger partial charge in [-0.05, 0) is 68.1 Å². The van der Waals surface area contributed by atoms with Gasteiger partial charge in [0.25, 0.3) is 0 Å². The maximum atomic E-state index is 12.0. The van der Waals surface area contributed by atoms with Crippen molar-refractivity contribution < 1.29 is 19.1 Å². The second-order valence-electron chi connectivity index (χ2n) is 8.69. The van der Waals surface area contributed by atoms with Crippen LogP contribution in [0.1, 0.15) is 51.9 Å². The minimum Gasteiger partial charge on any atom is -0.469 e. The summed E-state index contributed by atoms with van der Waals surface area (Å²) in [6, 6.07) is 0. The van der Waals surface area contributed by atoms with Gasteiger partial charge in [-0.25, -0.2) is 0 Å². The lowest BCUT2D eigenvalue weighted by Gasteiger charge is -2.72. The molecule has 0 amide bonds. The van der Waals surface area contributed by atoms with Crippen molar-refractivity contribution in [3.8, 4) is 0 Å². The van der Waals surface area contributed by atoms with Gasteiger partial charge in [-0.15, -0.1) is 0 Å². The summed E-state index contributed by atoms with van der Waals surface area (Å²) < 4.78 is 10.8. The van der Waals surface area contributed by atoms with Crippen LogP contribution in [0.4, 0.5) is 0 Å². The molecule has 2 bridgehead atoms. The summed E-state index contributed by atoms with van der Waals surface area (Å²) in [5.41, 5.74) is 0.497. The molecule has 5 aliphatic carbocycles. The Kier molecular flexibility index (Phi) is 2.25. The molecule has 5 saturated carbocycles. The van der Waals surface area contributed by atoms with Crippen molar-refractivity contribution in [2.45, 2.75) is 57.5 Å². The highest BCUT2D eigenvalue weighted by atomic mass is 16.6. The summed E-state index contributed by atoms with van der Waals surface area (Å²) in [5.74, 6) is 1.98. The second-order valence-corrected chi connectivity index (χ2v) is 8.69. The Morgan fingerprint density at radius 1 is 1.05 bits per heavy atom. The van der Waals surface area contributed by atoms with Gasteiger partial charge in [0, 0.05) is 12.3 Å². The first-order valence-electron chi connectivity index (χ1n) is 8.74. The quantitative estimate of drug-likeness (QED) is 0.752. The molecule has 1 spiro atoms. The van der Waals surface area contributed by atoms with Crippen LogP contribution in [-0.2, 0) is 19.1 Å². The van der Waals surface area contributed by atoms with Gasteiger partial charge in [0.05, 0.1) is 13.0 Å². The average Bonchev–Trinajstić information content (AvgIpc) is 2.85. The number of carbonyl (C=O) groups is 2. The van der Waals surface area contributed by atoms with Gasteiger partial charge in [-0.3, -0.25) is 9.59 Å². The van der Waals surface area contributed by atoms with Crippen LogP contribution in [-0.4, -0.2) is 24.6 Å². The molecule has 0 radical (unpaired) electrons. The van der Waals surface area contributed by atoms with E-state index in [1.807, 2.05) is 0 Å². The van der Waals surface area contributed by atoms with Crippen LogP contribution in [0.3, 0.4) is 0 Å². The predicted molar refractivity (Wildman–Crippen MR) is 77.7 cm³/mol. The maximum Gasteiger partial charge on any atom is 0.308 e. The number of esters is 2. The fraction of sp³-hybridized carbons (Fsp3) is 0.889. The SMILES string of the molecule is COC(=O)C1CCC1C12CC3CC4(OC(C)=O)CC(C1)C34C2. The van der Waals surface area contributed by atoms with E-state index in [1.54, 1.807) is 6.92 Å². The highest BCUT2D eigenvalue weighted by Gasteiger charge is 2.87. The van der Waals surface area contributed by atoms with E-state index in [0.717, 1.165) is 31.1 Å². The average molecular weight is 304 g/mol. The molecule has 0 aromatic heterocycles. The third-order valence-electron chi connectivity index (χ3n) is 8.31. The molecule has 0 heterocycles. The molecule has 4 unspecified atom stereocenters. The third kappa shape index (κ3) is 1.18. The molecule has 5 aliphatic rings. The van der Waals surface area contributed by atoms with Gasteiger partial charge in [0.1, 0.15) is 5.60 Å². The number of hydrogen-bond donors (Lipinski definition) is 0. The maximum absolute atomic E-state index is 12.0. The molecular weight excluding hydrogens is 280 g/mol. The second kappa shape index (κ2) is 3.70.